The van der Waals surface area contributed by atoms with Crippen molar-refractivity contribution in [2.45, 2.75) is 32.4 Å². The molecule has 7 heteroatoms. The molecule has 0 amide bonds. The fourth-order valence-electron chi connectivity index (χ4n) is 2.25. The lowest BCUT2D eigenvalue weighted by Crippen LogP contribution is -2.47. The van der Waals surface area contributed by atoms with Crippen molar-refractivity contribution < 1.29 is 4.39 Å². The number of halogens is 2. The molecule has 2 rings (SSSR count). The van der Waals surface area contributed by atoms with Crippen LogP contribution in [0.1, 0.15) is 25.3 Å². The smallest absolute Gasteiger partial charge is 0.223 e. The highest BCUT2D eigenvalue weighted by Crippen LogP contribution is 2.25. The van der Waals surface area contributed by atoms with Crippen molar-refractivity contribution in [3.63, 3.8) is 0 Å². The molecule has 0 atom stereocenters. The lowest BCUT2D eigenvalue weighted by molar-refractivity contribution is 0.104. The quantitative estimate of drug-likeness (QED) is 0.419. The summed E-state index contributed by atoms with van der Waals surface area (Å²) in [4.78, 5) is 10.2. The molecule has 120 valence electrons. The lowest BCUT2D eigenvalue weighted by atomic mass is 9.96. The fraction of sp³-hybridized carbons (Fsp3) is 0.467. The molecule has 0 bridgehead atoms. The van der Waals surface area contributed by atoms with Gasteiger partial charge in [0.25, 0.3) is 0 Å². The molecule has 0 aromatic heterocycles. The van der Waals surface area contributed by atoms with E-state index in [0.717, 1.165) is 11.3 Å². The Hall–Kier alpha value is -1.38. The van der Waals surface area contributed by atoms with Crippen LogP contribution in [0.15, 0.2) is 28.2 Å². The van der Waals surface area contributed by atoms with Gasteiger partial charge in [-0.15, -0.1) is 0 Å². The average Bonchev–Trinajstić information content (AvgIpc) is 2.42. The molecule has 1 aliphatic rings. The third-order valence-electron chi connectivity index (χ3n) is 3.74. The van der Waals surface area contributed by atoms with Gasteiger partial charge in [0.15, 0.2) is 5.96 Å². The molecule has 22 heavy (non-hydrogen) atoms. The number of rotatable bonds is 1. The topological polar surface area (TPSA) is 80.0 Å². The van der Waals surface area contributed by atoms with Crippen LogP contribution in [0.25, 0.3) is 0 Å². The van der Waals surface area contributed by atoms with Crippen LogP contribution < -0.4 is 11.5 Å². The van der Waals surface area contributed by atoms with Gasteiger partial charge in [-0.05, 0) is 73.0 Å². The van der Waals surface area contributed by atoms with Gasteiger partial charge in [0.2, 0.25) is 5.96 Å². The Balaban J connectivity index is 2.07. The van der Waals surface area contributed by atoms with Crippen molar-refractivity contribution >= 4 is 40.2 Å². The Kier molecular flexibility index (Phi) is 5.25. The monoisotopic (exact) mass is 417 g/mol. The second-order valence-corrected chi connectivity index (χ2v) is 6.94. The molecule has 0 spiro atoms. The van der Waals surface area contributed by atoms with E-state index >= 15 is 0 Å². The van der Waals surface area contributed by atoms with Crippen molar-refractivity contribution in [1.29, 1.82) is 0 Å². The predicted molar refractivity (Wildman–Crippen MR) is 97.1 cm³/mol. The van der Waals surface area contributed by atoms with E-state index in [-0.39, 0.29) is 5.96 Å². The summed E-state index contributed by atoms with van der Waals surface area (Å²) in [5.41, 5.74) is 12.5. The maximum absolute atomic E-state index is 13.8. The number of benzene rings is 1. The van der Waals surface area contributed by atoms with Crippen LogP contribution in [-0.2, 0) is 0 Å². The van der Waals surface area contributed by atoms with Crippen molar-refractivity contribution in [2.75, 3.05) is 13.1 Å². The zero-order valence-electron chi connectivity index (χ0n) is 12.8. The standard InChI is InChI=1S/C15H21FIN5/c1-10-9-11(3-4-12(10)17)20-13(18)21-14(19)22-7-5-15(2,16)6-8-22/h3-4,9H,5-8H2,1-2H3,(H4,18,19,20,21). The van der Waals surface area contributed by atoms with Crippen LogP contribution in [0.3, 0.4) is 0 Å². The number of hydrogen-bond donors (Lipinski definition) is 2. The molecule has 1 heterocycles. The zero-order chi connectivity index (χ0) is 16.3. The molecule has 0 unspecified atom stereocenters. The summed E-state index contributed by atoms with van der Waals surface area (Å²) in [6, 6.07) is 5.79. The first kappa shape index (κ1) is 17.0. The number of hydrogen-bond acceptors (Lipinski definition) is 1. The molecule has 1 saturated heterocycles. The van der Waals surface area contributed by atoms with E-state index in [1.807, 2.05) is 30.0 Å². The van der Waals surface area contributed by atoms with Gasteiger partial charge < -0.3 is 16.4 Å². The second kappa shape index (κ2) is 6.80. The molecule has 1 aliphatic heterocycles. The third kappa shape index (κ3) is 4.56. The van der Waals surface area contributed by atoms with E-state index in [1.165, 1.54) is 3.57 Å². The van der Waals surface area contributed by atoms with Gasteiger partial charge in [-0.1, -0.05) is 0 Å². The number of nitrogens with zero attached hydrogens (tertiary/aromatic N) is 3. The summed E-state index contributed by atoms with van der Waals surface area (Å²) in [7, 11) is 0. The Morgan fingerprint density at radius 3 is 2.55 bits per heavy atom. The van der Waals surface area contributed by atoms with Crippen molar-refractivity contribution in [1.82, 2.24) is 4.90 Å². The molecular formula is C15H21FIN5. The highest BCUT2D eigenvalue weighted by molar-refractivity contribution is 14.1. The third-order valence-corrected chi connectivity index (χ3v) is 4.95. The first-order valence-electron chi connectivity index (χ1n) is 7.15. The lowest BCUT2D eigenvalue weighted by Gasteiger charge is -2.34. The SMILES string of the molecule is Cc1cc(N=C(N)N=C(N)N2CCC(C)(F)CC2)ccc1I. The highest BCUT2D eigenvalue weighted by atomic mass is 127. The van der Waals surface area contributed by atoms with E-state index in [4.69, 9.17) is 11.5 Å². The largest absolute Gasteiger partial charge is 0.369 e. The summed E-state index contributed by atoms with van der Waals surface area (Å²) in [6.07, 6.45) is 0.882. The van der Waals surface area contributed by atoms with Crippen LogP contribution in [0.5, 0.6) is 0 Å². The van der Waals surface area contributed by atoms with E-state index in [0.29, 0.717) is 31.9 Å². The van der Waals surface area contributed by atoms with Crippen molar-refractivity contribution in [3.05, 3.63) is 27.3 Å². The van der Waals surface area contributed by atoms with Crippen LogP contribution in [0, 0.1) is 10.5 Å². The summed E-state index contributed by atoms with van der Waals surface area (Å²) in [6.45, 7) is 4.71. The Bertz CT molecular complexity index is 602. The van der Waals surface area contributed by atoms with Gasteiger partial charge in [0.1, 0.15) is 5.67 Å². The Labute approximate surface area is 143 Å². The summed E-state index contributed by atoms with van der Waals surface area (Å²) in [5.74, 6) is 0.394. The van der Waals surface area contributed by atoms with Gasteiger partial charge in [-0.3, -0.25) is 0 Å². The van der Waals surface area contributed by atoms with Gasteiger partial charge in [0, 0.05) is 16.7 Å². The van der Waals surface area contributed by atoms with Gasteiger partial charge in [0.05, 0.1) is 5.69 Å². The number of guanidine groups is 2. The maximum Gasteiger partial charge on any atom is 0.223 e. The van der Waals surface area contributed by atoms with Crippen molar-refractivity contribution in [2.24, 2.45) is 21.5 Å². The fourth-order valence-corrected chi connectivity index (χ4v) is 2.58. The summed E-state index contributed by atoms with van der Waals surface area (Å²) >= 11 is 2.26. The molecule has 1 aromatic rings. The van der Waals surface area contributed by atoms with Crippen LogP contribution in [0.4, 0.5) is 10.1 Å². The van der Waals surface area contributed by atoms with Crippen molar-refractivity contribution in [3.8, 4) is 0 Å². The number of aryl methyl sites for hydroxylation is 1. The number of piperidine rings is 1. The predicted octanol–water partition coefficient (Wildman–Crippen LogP) is 2.68. The first-order chi connectivity index (χ1) is 10.3. The number of alkyl halides is 1. The van der Waals surface area contributed by atoms with Gasteiger partial charge in [-0.2, -0.15) is 4.99 Å². The average molecular weight is 417 g/mol. The Morgan fingerprint density at radius 2 is 1.95 bits per heavy atom. The summed E-state index contributed by atoms with van der Waals surface area (Å²) in [5, 5.41) is 0. The highest BCUT2D eigenvalue weighted by Gasteiger charge is 2.30. The summed E-state index contributed by atoms with van der Waals surface area (Å²) < 4.78 is 14.9. The van der Waals surface area contributed by atoms with E-state index in [9.17, 15) is 4.39 Å². The van der Waals surface area contributed by atoms with E-state index in [1.54, 1.807) is 6.92 Å². The minimum atomic E-state index is -1.12. The van der Waals surface area contributed by atoms with Gasteiger partial charge >= 0.3 is 0 Å². The maximum atomic E-state index is 13.8. The minimum Gasteiger partial charge on any atom is -0.369 e. The molecule has 0 saturated carbocycles. The molecule has 4 N–H and O–H groups in total. The van der Waals surface area contributed by atoms with Gasteiger partial charge in [-0.25, -0.2) is 9.38 Å². The molecule has 0 aliphatic carbocycles. The zero-order valence-corrected chi connectivity index (χ0v) is 15.0. The van der Waals surface area contributed by atoms with Crippen LogP contribution >= 0.6 is 22.6 Å². The minimum absolute atomic E-state index is 0.103. The van der Waals surface area contributed by atoms with E-state index in [2.05, 4.69) is 32.6 Å². The normalized spacial score (nSPS) is 19.4. The number of aliphatic imine (C=N–C) groups is 2. The van der Waals surface area contributed by atoms with E-state index < -0.39 is 5.67 Å². The number of nitrogens with two attached hydrogens (primary N) is 2. The second-order valence-electron chi connectivity index (χ2n) is 5.77. The molecule has 5 nitrogen and oxygen atoms in total. The van der Waals surface area contributed by atoms with Crippen LogP contribution in [0.2, 0.25) is 0 Å². The molecule has 1 aromatic carbocycles. The molecular weight excluding hydrogens is 396 g/mol. The van der Waals surface area contributed by atoms with Crippen LogP contribution in [-0.4, -0.2) is 35.6 Å². The first-order valence-corrected chi connectivity index (χ1v) is 8.23. The molecule has 0 radical (unpaired) electrons. The Morgan fingerprint density at radius 1 is 1.32 bits per heavy atom. The molecule has 1 fully saturated rings. The number of likely N-dealkylation sites (tertiary alicyclic amines) is 1.